The number of hydrogen-bond donors (Lipinski definition) is 2. The van der Waals surface area contributed by atoms with E-state index in [1.807, 2.05) is 6.92 Å². The molecule has 2 N–H and O–H groups in total. The number of H-pyrrole nitrogens is 2. The van der Waals surface area contributed by atoms with E-state index in [1.165, 1.54) is 0 Å². The van der Waals surface area contributed by atoms with Gasteiger partial charge in [0.2, 0.25) is 0 Å². The third kappa shape index (κ3) is 3.09. The first-order chi connectivity index (χ1) is 12.1. The lowest BCUT2D eigenvalue weighted by Crippen LogP contribution is -2.44. The number of pyridine rings is 1. The first-order valence-corrected chi connectivity index (χ1v) is 8.66. The van der Waals surface area contributed by atoms with Crippen LogP contribution in [0.3, 0.4) is 0 Å². The number of carbonyl (C=O) groups is 1. The normalized spacial score (nSPS) is 20.4. The third-order valence-corrected chi connectivity index (χ3v) is 4.82. The van der Waals surface area contributed by atoms with Crippen LogP contribution >= 0.6 is 0 Å². The molecule has 1 aliphatic carbocycles. The average Bonchev–Trinajstić information content (AvgIpc) is 3.07. The molecule has 4 rings (SSSR count). The second-order valence-corrected chi connectivity index (χ2v) is 6.61. The molecule has 0 unspecified atom stereocenters. The summed E-state index contributed by atoms with van der Waals surface area (Å²) < 4.78 is 5.69. The molecular formula is C17H21N5O3. The Morgan fingerprint density at radius 1 is 1.36 bits per heavy atom. The van der Waals surface area contributed by atoms with Crippen molar-refractivity contribution in [3.63, 3.8) is 0 Å². The van der Waals surface area contributed by atoms with Crippen molar-refractivity contribution in [3.05, 3.63) is 44.9 Å². The van der Waals surface area contributed by atoms with E-state index in [0.717, 1.165) is 36.9 Å². The number of aromatic nitrogens is 4. The fourth-order valence-electron chi connectivity index (χ4n) is 3.50. The van der Waals surface area contributed by atoms with Crippen LogP contribution in [0, 0.1) is 6.92 Å². The number of nitrogens with one attached hydrogen (secondary N) is 2. The van der Waals surface area contributed by atoms with Gasteiger partial charge in [-0.15, -0.1) is 0 Å². The van der Waals surface area contributed by atoms with Crippen LogP contribution in [0.1, 0.15) is 52.2 Å². The summed E-state index contributed by atoms with van der Waals surface area (Å²) in [7, 11) is 0. The number of nitrogens with zero attached hydrogens (tertiary/aromatic N) is 3. The van der Waals surface area contributed by atoms with Crippen molar-refractivity contribution in [1.82, 2.24) is 25.1 Å². The number of hydrogen-bond acceptors (Lipinski definition) is 5. The van der Waals surface area contributed by atoms with Gasteiger partial charge in [-0.2, -0.15) is 5.10 Å². The van der Waals surface area contributed by atoms with Gasteiger partial charge in [0.25, 0.3) is 11.5 Å². The lowest BCUT2D eigenvalue weighted by molar-refractivity contribution is -0.0267. The van der Waals surface area contributed by atoms with Crippen molar-refractivity contribution in [2.75, 3.05) is 19.7 Å². The van der Waals surface area contributed by atoms with E-state index in [1.54, 1.807) is 11.0 Å². The molecular weight excluding hydrogens is 322 g/mol. The van der Waals surface area contributed by atoms with Crippen molar-refractivity contribution in [2.24, 2.45) is 0 Å². The van der Waals surface area contributed by atoms with Crippen LogP contribution in [-0.2, 0) is 17.6 Å². The Morgan fingerprint density at radius 3 is 3.00 bits per heavy atom. The fraction of sp³-hybridized carbons (Fsp3) is 0.529. The minimum atomic E-state index is -0.376. The van der Waals surface area contributed by atoms with E-state index < -0.39 is 0 Å². The zero-order valence-electron chi connectivity index (χ0n) is 14.2. The van der Waals surface area contributed by atoms with Gasteiger partial charge in [0.15, 0.2) is 5.82 Å². The van der Waals surface area contributed by atoms with Gasteiger partial charge < -0.3 is 14.6 Å². The summed E-state index contributed by atoms with van der Waals surface area (Å²) in [4.78, 5) is 34.1. The first kappa shape index (κ1) is 16.0. The summed E-state index contributed by atoms with van der Waals surface area (Å²) in [5, 5.41) is 6.90. The van der Waals surface area contributed by atoms with E-state index >= 15 is 0 Å². The topological polar surface area (TPSA) is 104 Å². The van der Waals surface area contributed by atoms with Gasteiger partial charge in [-0.3, -0.25) is 14.7 Å². The highest BCUT2D eigenvalue weighted by Gasteiger charge is 2.30. The Morgan fingerprint density at radius 2 is 2.20 bits per heavy atom. The van der Waals surface area contributed by atoms with Crippen molar-refractivity contribution in [3.8, 4) is 0 Å². The molecule has 0 aromatic carbocycles. The third-order valence-electron chi connectivity index (χ3n) is 4.82. The SMILES string of the molecule is Cc1nc([C@H]2CN(C(=O)c3cc4c([nH]c3=O)CCCC4)CCO2)n[nH]1. The maximum Gasteiger partial charge on any atom is 0.261 e. The highest BCUT2D eigenvalue weighted by molar-refractivity contribution is 5.94. The molecule has 8 heteroatoms. The summed E-state index contributed by atoms with van der Waals surface area (Å²) in [6, 6.07) is 1.77. The van der Waals surface area contributed by atoms with Crippen LogP contribution in [0.2, 0.25) is 0 Å². The van der Waals surface area contributed by atoms with Crippen molar-refractivity contribution >= 4 is 5.91 Å². The van der Waals surface area contributed by atoms with E-state index in [-0.39, 0.29) is 23.1 Å². The largest absolute Gasteiger partial charge is 0.366 e. The van der Waals surface area contributed by atoms with Gasteiger partial charge in [-0.05, 0) is 44.2 Å². The number of aryl methyl sites for hydroxylation is 3. The average molecular weight is 343 g/mol. The van der Waals surface area contributed by atoms with Crippen LogP contribution in [0.4, 0.5) is 0 Å². The Hall–Kier alpha value is -2.48. The molecule has 1 aliphatic heterocycles. The number of carbonyl (C=O) groups excluding carboxylic acids is 1. The number of ether oxygens (including phenoxy) is 1. The molecule has 8 nitrogen and oxygen atoms in total. The molecule has 3 heterocycles. The summed E-state index contributed by atoms with van der Waals surface area (Å²) in [6.45, 7) is 3.00. The lowest BCUT2D eigenvalue weighted by atomic mass is 9.95. The van der Waals surface area contributed by atoms with Crippen LogP contribution < -0.4 is 5.56 Å². The second kappa shape index (κ2) is 6.44. The standard InChI is InChI=1S/C17H21N5O3/c1-10-18-15(21-20-10)14-9-22(6-7-25-14)17(24)12-8-11-4-2-3-5-13(11)19-16(12)23/h8,14H,2-7,9H2,1H3,(H,19,23)(H,18,20,21)/t14-/m1/s1. The zero-order chi connectivity index (χ0) is 17.4. The first-order valence-electron chi connectivity index (χ1n) is 8.66. The quantitative estimate of drug-likeness (QED) is 0.843. The molecule has 1 amide bonds. The predicted octanol–water partition coefficient (Wildman–Crippen LogP) is 0.894. The van der Waals surface area contributed by atoms with Gasteiger partial charge in [0.1, 0.15) is 17.5 Å². The highest BCUT2D eigenvalue weighted by Crippen LogP contribution is 2.22. The monoisotopic (exact) mass is 343 g/mol. The Bertz CT molecular complexity index is 856. The Balaban J connectivity index is 1.57. The van der Waals surface area contributed by atoms with Gasteiger partial charge in [-0.1, -0.05) is 0 Å². The molecule has 1 saturated heterocycles. The highest BCUT2D eigenvalue weighted by atomic mass is 16.5. The van der Waals surface area contributed by atoms with Gasteiger partial charge in [0, 0.05) is 12.2 Å². The molecule has 0 radical (unpaired) electrons. The minimum Gasteiger partial charge on any atom is -0.366 e. The minimum absolute atomic E-state index is 0.215. The van der Waals surface area contributed by atoms with Gasteiger partial charge in [0.05, 0.1) is 13.2 Å². The molecule has 25 heavy (non-hydrogen) atoms. The molecule has 1 fully saturated rings. The molecule has 0 spiro atoms. The van der Waals surface area contributed by atoms with Crippen molar-refractivity contribution < 1.29 is 9.53 Å². The van der Waals surface area contributed by atoms with Crippen LogP contribution in [-0.4, -0.2) is 50.7 Å². The number of morpholine rings is 1. The number of rotatable bonds is 2. The van der Waals surface area contributed by atoms with Crippen LogP contribution in [0.5, 0.6) is 0 Å². The second-order valence-electron chi connectivity index (χ2n) is 6.61. The smallest absolute Gasteiger partial charge is 0.261 e. The predicted molar refractivity (Wildman–Crippen MR) is 89.4 cm³/mol. The molecule has 1 atom stereocenters. The summed E-state index contributed by atoms with van der Waals surface area (Å²) in [6.07, 6.45) is 3.59. The summed E-state index contributed by atoms with van der Waals surface area (Å²) >= 11 is 0. The summed E-state index contributed by atoms with van der Waals surface area (Å²) in [5.41, 5.74) is 1.97. The molecule has 2 aromatic heterocycles. The lowest BCUT2D eigenvalue weighted by Gasteiger charge is -2.31. The maximum atomic E-state index is 12.9. The van der Waals surface area contributed by atoms with Crippen LogP contribution in [0.15, 0.2) is 10.9 Å². The number of aromatic amines is 2. The van der Waals surface area contributed by atoms with E-state index in [9.17, 15) is 9.59 Å². The Kier molecular flexibility index (Phi) is 4.12. The van der Waals surface area contributed by atoms with Gasteiger partial charge >= 0.3 is 0 Å². The number of amides is 1. The van der Waals surface area contributed by atoms with E-state index in [0.29, 0.717) is 31.3 Å². The molecule has 0 bridgehead atoms. The molecule has 2 aromatic rings. The van der Waals surface area contributed by atoms with E-state index in [4.69, 9.17) is 4.74 Å². The summed E-state index contributed by atoms with van der Waals surface area (Å²) in [5.74, 6) is 0.984. The maximum absolute atomic E-state index is 12.9. The van der Waals surface area contributed by atoms with Crippen molar-refractivity contribution in [2.45, 2.75) is 38.7 Å². The molecule has 2 aliphatic rings. The van der Waals surface area contributed by atoms with Crippen molar-refractivity contribution in [1.29, 1.82) is 0 Å². The van der Waals surface area contributed by atoms with Gasteiger partial charge in [-0.25, -0.2) is 4.98 Å². The fourth-order valence-corrected chi connectivity index (χ4v) is 3.50. The Labute approximate surface area is 144 Å². The van der Waals surface area contributed by atoms with E-state index in [2.05, 4.69) is 20.2 Å². The number of fused-ring (bicyclic) bond motifs is 1. The van der Waals surface area contributed by atoms with Crippen LogP contribution in [0.25, 0.3) is 0 Å². The molecule has 132 valence electrons. The zero-order valence-corrected chi connectivity index (χ0v) is 14.2. The molecule has 0 saturated carbocycles.